The van der Waals surface area contributed by atoms with Crippen LogP contribution in [-0.4, -0.2) is 11.0 Å². The van der Waals surface area contributed by atoms with E-state index in [4.69, 9.17) is 12.2 Å². The normalized spacial score (nSPS) is 16.9. The molecule has 0 aliphatic carbocycles. The molecule has 4 nitrogen and oxygen atoms in total. The van der Waals surface area contributed by atoms with Gasteiger partial charge in [-0.05, 0) is 49.8 Å². The molecule has 1 aliphatic heterocycles. The number of hydrogen-bond acceptors (Lipinski definition) is 2. The average molecular weight is 416 g/mol. The van der Waals surface area contributed by atoms with E-state index in [2.05, 4.69) is 31.9 Å². The van der Waals surface area contributed by atoms with Gasteiger partial charge in [-0.25, -0.2) is 0 Å². The van der Waals surface area contributed by atoms with Crippen molar-refractivity contribution in [3.63, 3.8) is 0 Å². The molecule has 0 spiro atoms. The van der Waals surface area contributed by atoms with Crippen LogP contribution in [0.3, 0.4) is 0 Å². The molecule has 3 rings (SSSR count). The van der Waals surface area contributed by atoms with Crippen LogP contribution in [0.15, 0.2) is 64.3 Å². The Hall–Kier alpha value is -2.18. The molecule has 0 fully saturated rings. The lowest BCUT2D eigenvalue weighted by Crippen LogP contribution is -2.45. The van der Waals surface area contributed by atoms with Crippen molar-refractivity contribution in [2.75, 3.05) is 5.32 Å². The van der Waals surface area contributed by atoms with Crippen LogP contribution >= 0.6 is 28.1 Å². The molecule has 0 radical (unpaired) electrons. The summed E-state index contributed by atoms with van der Waals surface area (Å²) in [6, 6.07) is 15.2. The Morgan fingerprint density at radius 1 is 1.12 bits per heavy atom. The molecule has 6 heteroatoms. The molecule has 0 unspecified atom stereocenters. The summed E-state index contributed by atoms with van der Waals surface area (Å²) < 4.78 is 0.922. The molecule has 3 N–H and O–H groups in total. The van der Waals surface area contributed by atoms with Crippen LogP contribution in [0.25, 0.3) is 0 Å². The third kappa shape index (κ3) is 3.91. The summed E-state index contributed by atoms with van der Waals surface area (Å²) in [6.45, 7) is 3.87. The van der Waals surface area contributed by atoms with E-state index in [0.29, 0.717) is 10.7 Å². The number of amides is 1. The molecule has 0 bridgehead atoms. The third-order valence-electron chi connectivity index (χ3n) is 4.04. The highest BCUT2D eigenvalue weighted by Crippen LogP contribution is 2.32. The second-order valence-corrected chi connectivity index (χ2v) is 7.17. The summed E-state index contributed by atoms with van der Waals surface area (Å²) in [5, 5.41) is 9.72. The second kappa shape index (κ2) is 7.37. The highest BCUT2D eigenvalue weighted by molar-refractivity contribution is 9.10. The zero-order chi connectivity index (χ0) is 18.0. The van der Waals surface area contributed by atoms with Crippen molar-refractivity contribution in [1.29, 1.82) is 0 Å². The number of anilines is 1. The molecule has 1 heterocycles. The van der Waals surface area contributed by atoms with Crippen molar-refractivity contribution in [1.82, 2.24) is 10.6 Å². The molecule has 1 amide bonds. The maximum atomic E-state index is 13.0. The number of aryl methyl sites for hydroxylation is 1. The lowest BCUT2D eigenvalue weighted by molar-refractivity contribution is -0.113. The van der Waals surface area contributed by atoms with E-state index in [9.17, 15) is 4.79 Å². The van der Waals surface area contributed by atoms with Gasteiger partial charge in [-0.15, -0.1) is 0 Å². The van der Waals surface area contributed by atoms with Crippen molar-refractivity contribution in [2.45, 2.75) is 19.9 Å². The van der Waals surface area contributed by atoms with E-state index in [1.807, 2.05) is 62.4 Å². The first-order valence-electron chi connectivity index (χ1n) is 7.86. The van der Waals surface area contributed by atoms with Gasteiger partial charge in [-0.2, -0.15) is 0 Å². The average Bonchev–Trinajstić information content (AvgIpc) is 2.56. The monoisotopic (exact) mass is 415 g/mol. The number of carbonyl (C=O) groups is 1. The second-order valence-electron chi connectivity index (χ2n) is 5.91. The van der Waals surface area contributed by atoms with Crippen molar-refractivity contribution < 1.29 is 4.79 Å². The molecule has 2 aromatic rings. The summed E-state index contributed by atoms with van der Waals surface area (Å²) in [5.74, 6) is -0.162. The number of benzene rings is 2. The molecule has 2 aromatic carbocycles. The van der Waals surface area contributed by atoms with Gasteiger partial charge in [0.15, 0.2) is 5.11 Å². The summed E-state index contributed by atoms with van der Waals surface area (Å²) in [5.41, 5.74) is 4.22. The van der Waals surface area contributed by atoms with Crippen molar-refractivity contribution >= 4 is 44.9 Å². The van der Waals surface area contributed by atoms with Crippen molar-refractivity contribution in [2.24, 2.45) is 0 Å². The highest BCUT2D eigenvalue weighted by atomic mass is 79.9. The van der Waals surface area contributed by atoms with Gasteiger partial charge in [-0.1, -0.05) is 51.8 Å². The van der Waals surface area contributed by atoms with Crippen molar-refractivity contribution in [3.05, 3.63) is 75.4 Å². The van der Waals surface area contributed by atoms with Gasteiger partial charge < -0.3 is 16.0 Å². The molecule has 128 valence electrons. The first-order chi connectivity index (χ1) is 12.0. The van der Waals surface area contributed by atoms with Gasteiger partial charge in [0.2, 0.25) is 0 Å². The molecule has 1 aliphatic rings. The van der Waals surface area contributed by atoms with Crippen molar-refractivity contribution in [3.8, 4) is 0 Å². The fourth-order valence-electron chi connectivity index (χ4n) is 2.77. The minimum absolute atomic E-state index is 0.162. The summed E-state index contributed by atoms with van der Waals surface area (Å²) in [4.78, 5) is 13.0. The number of carbonyl (C=O) groups excluding carboxylic acids is 1. The van der Waals surface area contributed by atoms with Crippen LogP contribution in [0, 0.1) is 6.92 Å². The molecule has 0 saturated carbocycles. The van der Waals surface area contributed by atoms with Gasteiger partial charge in [-0.3, -0.25) is 4.79 Å². The van der Waals surface area contributed by atoms with E-state index >= 15 is 0 Å². The van der Waals surface area contributed by atoms with Crippen LogP contribution < -0.4 is 16.0 Å². The lowest BCUT2D eigenvalue weighted by atomic mass is 9.95. The van der Waals surface area contributed by atoms with E-state index in [1.54, 1.807) is 0 Å². The van der Waals surface area contributed by atoms with E-state index in [1.165, 1.54) is 0 Å². The SMILES string of the molecule is CC1=C(C(=O)Nc2ccc(C)cc2)[C@@H](c2ccccc2Br)NC(=S)N1. The Balaban J connectivity index is 1.96. The van der Waals surface area contributed by atoms with Gasteiger partial charge in [0.05, 0.1) is 11.6 Å². The predicted molar refractivity (Wildman–Crippen MR) is 108 cm³/mol. The summed E-state index contributed by atoms with van der Waals surface area (Å²) >= 11 is 8.85. The largest absolute Gasteiger partial charge is 0.351 e. The molecule has 25 heavy (non-hydrogen) atoms. The zero-order valence-corrected chi connectivity index (χ0v) is 16.3. The highest BCUT2D eigenvalue weighted by Gasteiger charge is 2.30. The Morgan fingerprint density at radius 3 is 2.48 bits per heavy atom. The number of allylic oxidation sites excluding steroid dienone is 1. The molecule has 0 saturated heterocycles. The van der Waals surface area contributed by atoms with Gasteiger partial charge >= 0.3 is 0 Å². The maximum Gasteiger partial charge on any atom is 0.255 e. The van der Waals surface area contributed by atoms with Crippen LogP contribution in [0.1, 0.15) is 24.1 Å². The fourth-order valence-corrected chi connectivity index (χ4v) is 3.56. The number of nitrogens with one attached hydrogen (secondary N) is 3. The number of thiocarbonyl (C=S) groups is 1. The lowest BCUT2D eigenvalue weighted by Gasteiger charge is -2.31. The Kier molecular flexibility index (Phi) is 5.20. The van der Waals surface area contributed by atoms with E-state index < -0.39 is 0 Å². The molecule has 1 atom stereocenters. The number of hydrogen-bond donors (Lipinski definition) is 3. The van der Waals surface area contributed by atoms with E-state index in [0.717, 1.165) is 27.0 Å². The molecular weight excluding hydrogens is 398 g/mol. The van der Waals surface area contributed by atoms with Crippen LogP contribution in [0.5, 0.6) is 0 Å². The number of halogens is 1. The summed E-state index contributed by atoms with van der Waals surface area (Å²) in [7, 11) is 0. The quantitative estimate of drug-likeness (QED) is 0.657. The number of rotatable bonds is 3. The first-order valence-corrected chi connectivity index (χ1v) is 9.06. The first kappa shape index (κ1) is 17.6. The Morgan fingerprint density at radius 2 is 1.80 bits per heavy atom. The van der Waals surface area contributed by atoms with Crippen LogP contribution in [-0.2, 0) is 4.79 Å². The summed E-state index contributed by atoms with van der Waals surface area (Å²) in [6.07, 6.45) is 0. The van der Waals surface area contributed by atoms with Gasteiger partial charge in [0.25, 0.3) is 5.91 Å². The maximum absolute atomic E-state index is 13.0. The standard InChI is InChI=1S/C19H18BrN3OS/c1-11-7-9-13(10-8-11)22-18(24)16-12(2)21-19(25)23-17(16)14-5-3-4-6-15(14)20/h3-10,17H,1-2H3,(H,22,24)(H2,21,23,25)/t17-/m1/s1. The van der Waals surface area contributed by atoms with Gasteiger partial charge in [0, 0.05) is 15.9 Å². The fraction of sp³-hybridized carbons (Fsp3) is 0.158. The van der Waals surface area contributed by atoms with E-state index in [-0.39, 0.29) is 11.9 Å². The molecule has 0 aromatic heterocycles. The smallest absolute Gasteiger partial charge is 0.255 e. The Bertz CT molecular complexity index is 861. The zero-order valence-electron chi connectivity index (χ0n) is 13.9. The predicted octanol–water partition coefficient (Wildman–Crippen LogP) is 4.19. The minimum atomic E-state index is -0.324. The molecular formula is C19H18BrN3OS. The topological polar surface area (TPSA) is 53.2 Å². The Labute approximate surface area is 160 Å². The third-order valence-corrected chi connectivity index (χ3v) is 4.98. The van der Waals surface area contributed by atoms with Crippen LogP contribution in [0.4, 0.5) is 5.69 Å². The van der Waals surface area contributed by atoms with Gasteiger partial charge in [0.1, 0.15) is 0 Å². The van der Waals surface area contributed by atoms with Crippen LogP contribution in [0.2, 0.25) is 0 Å². The minimum Gasteiger partial charge on any atom is -0.351 e.